The molecule has 0 saturated carbocycles. The van der Waals surface area contributed by atoms with Crippen LogP contribution >= 0.6 is 15.9 Å². The second-order valence-electron chi connectivity index (χ2n) is 5.37. The standard InChI is InChI=1S/C18H12BrN3O4/c19-13-5-6-15-11(8-13)4-7-17(23)16(15)10-20-21-18(24)12-2-1-3-14(9-12)22(25)26/h1-10,23H,(H,21,24)/b20-10+. The Hall–Kier alpha value is -3.26. The van der Waals surface area contributed by atoms with Crippen LogP contribution in [0.3, 0.4) is 0 Å². The predicted molar refractivity (Wildman–Crippen MR) is 101 cm³/mol. The van der Waals surface area contributed by atoms with E-state index in [9.17, 15) is 20.0 Å². The van der Waals surface area contributed by atoms with Gasteiger partial charge in [-0.2, -0.15) is 5.10 Å². The molecule has 0 aliphatic heterocycles. The predicted octanol–water partition coefficient (Wildman–Crippen LogP) is 3.98. The molecule has 130 valence electrons. The third kappa shape index (κ3) is 3.70. The first-order valence-electron chi connectivity index (χ1n) is 7.45. The zero-order valence-corrected chi connectivity index (χ0v) is 14.8. The number of amides is 1. The summed E-state index contributed by atoms with van der Waals surface area (Å²) in [5, 5.41) is 26.4. The van der Waals surface area contributed by atoms with Gasteiger partial charge in [0.15, 0.2) is 0 Å². The lowest BCUT2D eigenvalue weighted by molar-refractivity contribution is -0.384. The fourth-order valence-corrected chi connectivity index (χ4v) is 2.81. The molecule has 0 aliphatic carbocycles. The maximum absolute atomic E-state index is 12.1. The van der Waals surface area contributed by atoms with Crippen molar-refractivity contribution >= 4 is 44.5 Å². The van der Waals surface area contributed by atoms with Crippen LogP contribution in [0, 0.1) is 10.1 Å². The van der Waals surface area contributed by atoms with E-state index in [-0.39, 0.29) is 17.0 Å². The second-order valence-corrected chi connectivity index (χ2v) is 6.29. The lowest BCUT2D eigenvalue weighted by atomic mass is 10.0. The molecule has 0 bridgehead atoms. The molecule has 26 heavy (non-hydrogen) atoms. The Morgan fingerprint density at radius 3 is 2.77 bits per heavy atom. The van der Waals surface area contributed by atoms with Crippen molar-refractivity contribution in [3.63, 3.8) is 0 Å². The number of hydrogen-bond donors (Lipinski definition) is 2. The number of non-ortho nitro benzene ring substituents is 1. The van der Waals surface area contributed by atoms with Gasteiger partial charge in [0.1, 0.15) is 5.75 Å². The van der Waals surface area contributed by atoms with Crippen LogP contribution in [-0.4, -0.2) is 22.2 Å². The van der Waals surface area contributed by atoms with E-state index in [1.165, 1.54) is 24.4 Å². The van der Waals surface area contributed by atoms with Gasteiger partial charge >= 0.3 is 0 Å². The molecule has 0 radical (unpaired) electrons. The summed E-state index contributed by atoms with van der Waals surface area (Å²) in [6.07, 6.45) is 1.33. The number of hydrazone groups is 1. The van der Waals surface area contributed by atoms with E-state index in [1.807, 2.05) is 18.2 Å². The number of hydrogen-bond acceptors (Lipinski definition) is 5. The zero-order valence-electron chi connectivity index (χ0n) is 13.2. The molecule has 0 fully saturated rings. The average molecular weight is 414 g/mol. The number of phenols is 1. The Morgan fingerprint density at radius 1 is 1.19 bits per heavy atom. The van der Waals surface area contributed by atoms with Crippen molar-refractivity contribution in [3.8, 4) is 5.75 Å². The molecule has 0 saturated heterocycles. The number of benzene rings is 3. The lowest BCUT2D eigenvalue weighted by Gasteiger charge is -2.05. The van der Waals surface area contributed by atoms with Gasteiger partial charge in [0, 0.05) is 27.7 Å². The van der Waals surface area contributed by atoms with Crippen LogP contribution in [-0.2, 0) is 0 Å². The van der Waals surface area contributed by atoms with Gasteiger partial charge in [0.2, 0.25) is 0 Å². The summed E-state index contributed by atoms with van der Waals surface area (Å²) in [5.41, 5.74) is 2.69. The smallest absolute Gasteiger partial charge is 0.271 e. The van der Waals surface area contributed by atoms with E-state index in [2.05, 4.69) is 26.5 Å². The van der Waals surface area contributed by atoms with Gasteiger partial charge in [0.25, 0.3) is 11.6 Å². The van der Waals surface area contributed by atoms with Gasteiger partial charge in [-0.3, -0.25) is 14.9 Å². The van der Waals surface area contributed by atoms with Crippen molar-refractivity contribution < 1.29 is 14.8 Å². The zero-order chi connectivity index (χ0) is 18.7. The van der Waals surface area contributed by atoms with Crippen LogP contribution in [0.5, 0.6) is 5.75 Å². The van der Waals surface area contributed by atoms with E-state index in [1.54, 1.807) is 12.1 Å². The summed E-state index contributed by atoms with van der Waals surface area (Å²) < 4.78 is 0.901. The van der Waals surface area contributed by atoms with Gasteiger partial charge in [-0.25, -0.2) is 5.43 Å². The van der Waals surface area contributed by atoms with Gasteiger partial charge < -0.3 is 5.11 Å². The number of rotatable bonds is 4. The molecule has 0 heterocycles. The molecule has 0 aromatic heterocycles. The highest BCUT2D eigenvalue weighted by Gasteiger charge is 2.11. The molecule has 0 unspecified atom stereocenters. The van der Waals surface area contributed by atoms with E-state index in [0.29, 0.717) is 5.56 Å². The Balaban J connectivity index is 1.84. The number of aromatic hydroxyl groups is 1. The monoisotopic (exact) mass is 413 g/mol. The SMILES string of the molecule is O=C(N/N=C/c1c(O)ccc2cc(Br)ccc12)c1cccc([N+](=O)[O-])c1. The molecule has 3 aromatic carbocycles. The Morgan fingerprint density at radius 2 is 2.00 bits per heavy atom. The molecule has 2 N–H and O–H groups in total. The number of carbonyl (C=O) groups is 1. The molecular formula is C18H12BrN3O4. The highest BCUT2D eigenvalue weighted by molar-refractivity contribution is 9.10. The third-order valence-corrected chi connectivity index (χ3v) is 4.17. The number of nitrogens with one attached hydrogen (secondary N) is 1. The van der Waals surface area contributed by atoms with Crippen molar-refractivity contribution in [1.29, 1.82) is 0 Å². The molecule has 3 rings (SSSR count). The molecule has 0 atom stereocenters. The summed E-state index contributed by atoms with van der Waals surface area (Å²) in [6.45, 7) is 0. The van der Waals surface area contributed by atoms with E-state index in [4.69, 9.17) is 0 Å². The van der Waals surface area contributed by atoms with Crippen molar-refractivity contribution in [2.45, 2.75) is 0 Å². The Bertz CT molecular complexity index is 1050. The number of fused-ring (bicyclic) bond motifs is 1. The number of carbonyl (C=O) groups excluding carboxylic acids is 1. The van der Waals surface area contributed by atoms with Crippen molar-refractivity contribution in [2.24, 2.45) is 5.10 Å². The van der Waals surface area contributed by atoms with Crippen LogP contribution in [0.2, 0.25) is 0 Å². The first-order chi connectivity index (χ1) is 12.5. The first-order valence-corrected chi connectivity index (χ1v) is 8.24. The summed E-state index contributed by atoms with van der Waals surface area (Å²) >= 11 is 3.39. The van der Waals surface area contributed by atoms with Crippen LogP contribution in [0.15, 0.2) is 64.2 Å². The quantitative estimate of drug-likeness (QED) is 0.383. The van der Waals surface area contributed by atoms with Gasteiger partial charge in [0.05, 0.1) is 11.1 Å². The summed E-state index contributed by atoms with van der Waals surface area (Å²) in [6, 6.07) is 14.2. The summed E-state index contributed by atoms with van der Waals surface area (Å²) in [7, 11) is 0. The fraction of sp³-hybridized carbons (Fsp3) is 0. The Kier molecular flexibility index (Phi) is 4.94. The second kappa shape index (κ2) is 7.32. The normalized spacial score (nSPS) is 11.0. The highest BCUT2D eigenvalue weighted by atomic mass is 79.9. The molecule has 8 heteroatoms. The van der Waals surface area contributed by atoms with Gasteiger partial charge in [-0.1, -0.05) is 34.1 Å². The minimum Gasteiger partial charge on any atom is -0.507 e. The molecule has 0 spiro atoms. The Labute approximate surface area is 156 Å². The molecule has 1 amide bonds. The van der Waals surface area contributed by atoms with Crippen molar-refractivity contribution in [2.75, 3.05) is 0 Å². The number of phenolic OH excluding ortho intramolecular Hbond substituents is 1. The van der Waals surface area contributed by atoms with Crippen LogP contribution < -0.4 is 5.43 Å². The van der Waals surface area contributed by atoms with Crippen molar-refractivity contribution in [1.82, 2.24) is 5.43 Å². The van der Waals surface area contributed by atoms with E-state index in [0.717, 1.165) is 21.3 Å². The fourth-order valence-electron chi connectivity index (χ4n) is 2.43. The average Bonchev–Trinajstić information content (AvgIpc) is 2.63. The third-order valence-electron chi connectivity index (χ3n) is 3.68. The topological polar surface area (TPSA) is 105 Å². The number of nitro benzene ring substituents is 1. The largest absolute Gasteiger partial charge is 0.507 e. The van der Waals surface area contributed by atoms with Crippen LogP contribution in [0.25, 0.3) is 10.8 Å². The van der Waals surface area contributed by atoms with Gasteiger partial charge in [-0.15, -0.1) is 0 Å². The van der Waals surface area contributed by atoms with E-state index < -0.39 is 10.8 Å². The molecular weight excluding hydrogens is 402 g/mol. The number of nitro groups is 1. The highest BCUT2D eigenvalue weighted by Crippen LogP contribution is 2.28. The minimum atomic E-state index is -0.590. The van der Waals surface area contributed by atoms with Crippen molar-refractivity contribution in [3.05, 3.63) is 80.3 Å². The van der Waals surface area contributed by atoms with Crippen LogP contribution in [0.1, 0.15) is 15.9 Å². The summed E-state index contributed by atoms with van der Waals surface area (Å²) in [4.78, 5) is 22.3. The van der Waals surface area contributed by atoms with Crippen LogP contribution in [0.4, 0.5) is 5.69 Å². The first kappa shape index (κ1) is 17.6. The molecule has 0 aliphatic rings. The number of halogens is 1. The maximum Gasteiger partial charge on any atom is 0.271 e. The van der Waals surface area contributed by atoms with Gasteiger partial charge in [-0.05, 0) is 35.0 Å². The summed E-state index contributed by atoms with van der Waals surface area (Å²) in [5.74, 6) is -0.569. The lowest BCUT2D eigenvalue weighted by Crippen LogP contribution is -2.17. The minimum absolute atomic E-state index is 0.0215. The number of nitrogens with zero attached hydrogens (tertiary/aromatic N) is 2. The maximum atomic E-state index is 12.1. The molecule has 7 nitrogen and oxygen atoms in total. The van der Waals surface area contributed by atoms with E-state index >= 15 is 0 Å². The molecule has 3 aromatic rings.